The molecule has 1 amide bonds. The molecule has 1 aliphatic rings. The SMILES string of the molecule is NS(=O)(=O)CC1CC(=O)N(c2ccc(F)cc2F)C1. The lowest BCUT2D eigenvalue weighted by Crippen LogP contribution is -2.28. The molecule has 1 heterocycles. The minimum absolute atomic E-state index is 0.0206. The first-order chi connectivity index (χ1) is 8.76. The monoisotopic (exact) mass is 290 g/mol. The average molecular weight is 290 g/mol. The van der Waals surface area contributed by atoms with Crippen LogP contribution in [0.25, 0.3) is 0 Å². The maximum absolute atomic E-state index is 13.6. The summed E-state index contributed by atoms with van der Waals surface area (Å²) in [5.74, 6) is -2.82. The highest BCUT2D eigenvalue weighted by Gasteiger charge is 2.33. The van der Waals surface area contributed by atoms with Crippen LogP contribution >= 0.6 is 0 Å². The zero-order chi connectivity index (χ0) is 14.2. The molecule has 8 heteroatoms. The van der Waals surface area contributed by atoms with Gasteiger partial charge < -0.3 is 4.90 Å². The molecule has 1 aliphatic heterocycles. The fourth-order valence-corrected chi connectivity index (χ4v) is 3.04. The number of anilines is 1. The van der Waals surface area contributed by atoms with E-state index in [1.54, 1.807) is 0 Å². The molecule has 104 valence electrons. The molecule has 2 N–H and O–H groups in total. The molecule has 0 spiro atoms. The Bertz CT molecular complexity index is 618. The number of amides is 1. The third kappa shape index (κ3) is 3.27. The van der Waals surface area contributed by atoms with E-state index in [4.69, 9.17) is 5.14 Å². The third-order valence-corrected chi connectivity index (χ3v) is 3.81. The lowest BCUT2D eigenvalue weighted by molar-refractivity contribution is -0.117. The van der Waals surface area contributed by atoms with Crippen LogP contribution in [0.4, 0.5) is 14.5 Å². The second-order valence-corrected chi connectivity index (χ2v) is 6.16. The molecule has 0 radical (unpaired) electrons. The van der Waals surface area contributed by atoms with Crippen molar-refractivity contribution in [2.24, 2.45) is 11.1 Å². The largest absolute Gasteiger partial charge is 0.309 e. The number of carbonyl (C=O) groups is 1. The van der Waals surface area contributed by atoms with Crippen LogP contribution in [0, 0.1) is 17.6 Å². The molecule has 1 atom stereocenters. The van der Waals surface area contributed by atoms with Crippen LogP contribution in [0.5, 0.6) is 0 Å². The van der Waals surface area contributed by atoms with Crippen molar-refractivity contribution in [3.05, 3.63) is 29.8 Å². The first kappa shape index (κ1) is 13.9. The Morgan fingerprint density at radius 3 is 2.63 bits per heavy atom. The quantitative estimate of drug-likeness (QED) is 0.885. The molecule has 5 nitrogen and oxygen atoms in total. The molecule has 1 fully saturated rings. The van der Waals surface area contributed by atoms with Crippen molar-refractivity contribution in [1.29, 1.82) is 0 Å². The minimum Gasteiger partial charge on any atom is -0.309 e. The Kier molecular flexibility index (Phi) is 3.55. The summed E-state index contributed by atoms with van der Waals surface area (Å²) < 4.78 is 48.3. The molecule has 0 aliphatic carbocycles. The van der Waals surface area contributed by atoms with Crippen molar-refractivity contribution in [1.82, 2.24) is 0 Å². The van der Waals surface area contributed by atoms with Gasteiger partial charge in [0, 0.05) is 24.9 Å². The second-order valence-electron chi connectivity index (χ2n) is 4.50. The number of sulfonamides is 1. The normalized spacial score (nSPS) is 20.1. The number of halogens is 2. The van der Waals surface area contributed by atoms with Gasteiger partial charge in [0.05, 0.1) is 11.4 Å². The average Bonchev–Trinajstić information content (AvgIpc) is 2.56. The van der Waals surface area contributed by atoms with Crippen molar-refractivity contribution in [2.75, 3.05) is 17.2 Å². The standard InChI is InChI=1S/C11H12F2N2O3S/c12-8-1-2-10(9(13)4-8)15-5-7(3-11(15)16)6-19(14,17)18/h1-2,4,7H,3,5-6H2,(H2,14,17,18). The van der Waals surface area contributed by atoms with Crippen LogP contribution < -0.4 is 10.0 Å². The van der Waals surface area contributed by atoms with E-state index in [9.17, 15) is 22.0 Å². The Balaban J connectivity index is 2.20. The molecule has 2 rings (SSSR count). The molecule has 0 aromatic heterocycles. The van der Waals surface area contributed by atoms with Gasteiger partial charge in [-0.15, -0.1) is 0 Å². The van der Waals surface area contributed by atoms with Gasteiger partial charge in [-0.3, -0.25) is 4.79 Å². The first-order valence-corrected chi connectivity index (χ1v) is 7.23. The lowest BCUT2D eigenvalue weighted by Gasteiger charge is -2.17. The Morgan fingerprint density at radius 1 is 1.37 bits per heavy atom. The van der Waals surface area contributed by atoms with E-state index in [0.717, 1.165) is 17.0 Å². The van der Waals surface area contributed by atoms with Gasteiger partial charge in [-0.25, -0.2) is 22.3 Å². The summed E-state index contributed by atoms with van der Waals surface area (Å²) >= 11 is 0. The van der Waals surface area contributed by atoms with Crippen molar-refractivity contribution < 1.29 is 22.0 Å². The number of hydrogen-bond donors (Lipinski definition) is 1. The number of nitrogens with zero attached hydrogens (tertiary/aromatic N) is 1. The maximum Gasteiger partial charge on any atom is 0.227 e. The summed E-state index contributed by atoms with van der Waals surface area (Å²) in [5, 5.41) is 4.91. The highest BCUT2D eigenvalue weighted by Crippen LogP contribution is 2.28. The zero-order valence-corrected chi connectivity index (χ0v) is 10.7. The Labute approximate surface area is 109 Å². The molecule has 0 saturated carbocycles. The van der Waals surface area contributed by atoms with Crippen LogP contribution in [0.3, 0.4) is 0 Å². The highest BCUT2D eigenvalue weighted by molar-refractivity contribution is 7.89. The molecular weight excluding hydrogens is 278 g/mol. The van der Waals surface area contributed by atoms with E-state index in [2.05, 4.69) is 0 Å². The molecule has 1 aromatic carbocycles. The van der Waals surface area contributed by atoms with Crippen LogP contribution in [0.15, 0.2) is 18.2 Å². The zero-order valence-electron chi connectivity index (χ0n) is 9.84. The van der Waals surface area contributed by atoms with Crippen LogP contribution in [0.2, 0.25) is 0 Å². The van der Waals surface area contributed by atoms with Crippen LogP contribution in [0.1, 0.15) is 6.42 Å². The number of benzene rings is 1. The van der Waals surface area contributed by atoms with Gasteiger partial charge in [0.25, 0.3) is 0 Å². The molecule has 1 saturated heterocycles. The smallest absolute Gasteiger partial charge is 0.227 e. The minimum atomic E-state index is -3.69. The number of primary sulfonamides is 1. The van der Waals surface area contributed by atoms with E-state index in [0.29, 0.717) is 6.07 Å². The van der Waals surface area contributed by atoms with E-state index in [1.807, 2.05) is 0 Å². The van der Waals surface area contributed by atoms with Gasteiger partial charge >= 0.3 is 0 Å². The number of nitrogens with two attached hydrogens (primary N) is 1. The number of hydrogen-bond acceptors (Lipinski definition) is 3. The summed E-state index contributed by atoms with van der Waals surface area (Å²) in [7, 11) is -3.69. The van der Waals surface area contributed by atoms with E-state index >= 15 is 0 Å². The van der Waals surface area contributed by atoms with Gasteiger partial charge in [-0.2, -0.15) is 0 Å². The fourth-order valence-electron chi connectivity index (χ4n) is 2.15. The fraction of sp³-hybridized carbons (Fsp3) is 0.364. The van der Waals surface area contributed by atoms with Crippen LogP contribution in [-0.4, -0.2) is 26.6 Å². The van der Waals surface area contributed by atoms with Crippen molar-refractivity contribution in [3.8, 4) is 0 Å². The van der Waals surface area contributed by atoms with Gasteiger partial charge in [0.15, 0.2) is 0 Å². The molecule has 19 heavy (non-hydrogen) atoms. The van der Waals surface area contributed by atoms with Gasteiger partial charge in [0.2, 0.25) is 15.9 Å². The lowest BCUT2D eigenvalue weighted by atomic mass is 10.1. The van der Waals surface area contributed by atoms with Gasteiger partial charge in [-0.05, 0) is 12.1 Å². The summed E-state index contributed by atoms with van der Waals surface area (Å²) in [4.78, 5) is 12.9. The summed E-state index contributed by atoms with van der Waals surface area (Å²) in [6.07, 6.45) is -0.0206. The van der Waals surface area contributed by atoms with Crippen LogP contribution in [-0.2, 0) is 14.8 Å². The molecular formula is C11H12F2N2O3S. The molecule has 1 aromatic rings. The Hall–Kier alpha value is -1.54. The predicted octanol–water partition coefficient (Wildman–Crippen LogP) is 0.606. The van der Waals surface area contributed by atoms with Crippen molar-refractivity contribution in [3.63, 3.8) is 0 Å². The van der Waals surface area contributed by atoms with Crippen molar-refractivity contribution in [2.45, 2.75) is 6.42 Å². The highest BCUT2D eigenvalue weighted by atomic mass is 32.2. The topological polar surface area (TPSA) is 80.5 Å². The second kappa shape index (κ2) is 4.86. The predicted molar refractivity (Wildman–Crippen MR) is 64.8 cm³/mol. The van der Waals surface area contributed by atoms with Gasteiger partial charge in [-0.1, -0.05) is 0 Å². The van der Waals surface area contributed by atoms with Crippen molar-refractivity contribution >= 4 is 21.6 Å². The summed E-state index contributed by atoms with van der Waals surface area (Å²) in [5.41, 5.74) is -0.0525. The third-order valence-electron chi connectivity index (χ3n) is 2.87. The van der Waals surface area contributed by atoms with E-state index in [-0.39, 0.29) is 24.4 Å². The van der Waals surface area contributed by atoms with E-state index in [1.165, 1.54) is 0 Å². The first-order valence-electron chi connectivity index (χ1n) is 5.52. The van der Waals surface area contributed by atoms with Gasteiger partial charge in [0.1, 0.15) is 11.6 Å². The molecule has 0 bridgehead atoms. The number of carbonyl (C=O) groups excluding carboxylic acids is 1. The number of rotatable bonds is 3. The summed E-state index contributed by atoms with van der Waals surface area (Å²) in [6.45, 7) is 0.0534. The summed E-state index contributed by atoms with van der Waals surface area (Å²) in [6, 6.07) is 2.87. The maximum atomic E-state index is 13.6. The van der Waals surface area contributed by atoms with E-state index < -0.39 is 33.5 Å². The Morgan fingerprint density at radius 2 is 2.05 bits per heavy atom. The molecule has 1 unspecified atom stereocenters.